The molecule has 1 atom stereocenters. The molecule has 2 aromatic rings. The van der Waals surface area contributed by atoms with Crippen LogP contribution in [0.4, 0.5) is 0 Å². The van der Waals surface area contributed by atoms with Gasteiger partial charge in [-0.1, -0.05) is 42.5 Å². The number of carboxylic acids is 1. The molecule has 1 unspecified atom stereocenters. The zero-order valence-electron chi connectivity index (χ0n) is 10.6. The van der Waals surface area contributed by atoms with Gasteiger partial charge in [0.15, 0.2) is 0 Å². The summed E-state index contributed by atoms with van der Waals surface area (Å²) in [6.07, 6.45) is 0.278. The molecule has 0 aromatic heterocycles. The smallest absolute Gasteiger partial charge is 0.326 e. The van der Waals surface area contributed by atoms with Crippen LogP contribution in [0.5, 0.6) is 0 Å². The van der Waals surface area contributed by atoms with Crippen molar-refractivity contribution < 1.29 is 14.7 Å². The summed E-state index contributed by atoms with van der Waals surface area (Å²) in [4.78, 5) is 22.1. The molecule has 2 rings (SSSR count). The molecule has 0 bridgehead atoms. The Morgan fingerprint density at radius 2 is 1.84 bits per heavy atom. The number of benzene rings is 2. The molecular weight excluding hydrogens is 242 g/mol. The van der Waals surface area contributed by atoms with Crippen LogP contribution in [0.3, 0.4) is 0 Å². The lowest BCUT2D eigenvalue weighted by molar-refractivity contribution is -0.141. The van der Waals surface area contributed by atoms with Crippen LogP contribution in [0.1, 0.15) is 12.5 Å². The number of rotatable bonds is 4. The Balaban J connectivity index is 2.23. The topological polar surface area (TPSA) is 66.4 Å². The minimum atomic E-state index is -1.02. The van der Waals surface area contributed by atoms with Crippen LogP contribution in [0, 0.1) is 0 Å². The van der Waals surface area contributed by atoms with E-state index in [4.69, 9.17) is 5.11 Å². The van der Waals surface area contributed by atoms with Gasteiger partial charge in [0, 0.05) is 13.3 Å². The van der Waals surface area contributed by atoms with Crippen LogP contribution in [0.25, 0.3) is 10.8 Å². The molecule has 2 N–H and O–H groups in total. The van der Waals surface area contributed by atoms with E-state index in [1.165, 1.54) is 6.92 Å². The van der Waals surface area contributed by atoms with Gasteiger partial charge >= 0.3 is 5.97 Å². The van der Waals surface area contributed by atoms with Crippen LogP contribution in [0.2, 0.25) is 0 Å². The van der Waals surface area contributed by atoms with Crippen molar-refractivity contribution >= 4 is 22.6 Å². The van der Waals surface area contributed by atoms with Gasteiger partial charge < -0.3 is 10.4 Å². The van der Waals surface area contributed by atoms with E-state index in [-0.39, 0.29) is 12.3 Å². The van der Waals surface area contributed by atoms with Crippen molar-refractivity contribution in [1.82, 2.24) is 5.32 Å². The van der Waals surface area contributed by atoms with Crippen molar-refractivity contribution in [1.29, 1.82) is 0 Å². The lowest BCUT2D eigenvalue weighted by Gasteiger charge is -2.13. The fraction of sp³-hybridized carbons (Fsp3) is 0.200. The molecule has 0 aliphatic carbocycles. The molecule has 4 nitrogen and oxygen atoms in total. The number of nitrogens with one attached hydrogen (secondary N) is 1. The monoisotopic (exact) mass is 257 g/mol. The van der Waals surface area contributed by atoms with E-state index in [2.05, 4.69) is 5.32 Å². The summed E-state index contributed by atoms with van der Waals surface area (Å²) >= 11 is 0. The Bertz CT molecular complexity index is 622. The van der Waals surface area contributed by atoms with E-state index in [0.29, 0.717) is 0 Å². The molecule has 0 spiro atoms. The van der Waals surface area contributed by atoms with Crippen molar-refractivity contribution in [3.8, 4) is 0 Å². The highest BCUT2D eigenvalue weighted by molar-refractivity contribution is 5.84. The van der Waals surface area contributed by atoms with E-state index < -0.39 is 12.0 Å². The second kappa shape index (κ2) is 5.52. The average molecular weight is 257 g/mol. The van der Waals surface area contributed by atoms with Crippen LogP contribution < -0.4 is 5.32 Å². The molecule has 0 aliphatic heterocycles. The number of carboxylic acid groups (broad SMARTS) is 1. The number of carbonyl (C=O) groups is 2. The van der Waals surface area contributed by atoms with E-state index >= 15 is 0 Å². The fourth-order valence-electron chi connectivity index (χ4n) is 2.05. The first kappa shape index (κ1) is 13.1. The molecular formula is C15H15NO3. The summed E-state index contributed by atoms with van der Waals surface area (Å²) in [5.41, 5.74) is 0.889. The van der Waals surface area contributed by atoms with Crippen LogP contribution >= 0.6 is 0 Å². The quantitative estimate of drug-likeness (QED) is 0.880. The largest absolute Gasteiger partial charge is 0.480 e. The van der Waals surface area contributed by atoms with E-state index in [1.807, 2.05) is 42.5 Å². The fourth-order valence-corrected chi connectivity index (χ4v) is 2.05. The van der Waals surface area contributed by atoms with Gasteiger partial charge in [-0.25, -0.2) is 4.79 Å². The Hall–Kier alpha value is -2.36. The summed E-state index contributed by atoms with van der Waals surface area (Å²) < 4.78 is 0. The van der Waals surface area contributed by atoms with Crippen LogP contribution in [0.15, 0.2) is 42.5 Å². The van der Waals surface area contributed by atoms with Crippen molar-refractivity contribution in [3.63, 3.8) is 0 Å². The number of hydrogen-bond acceptors (Lipinski definition) is 2. The molecule has 0 radical (unpaired) electrons. The number of aliphatic carboxylic acids is 1. The van der Waals surface area contributed by atoms with Crippen molar-refractivity contribution in [2.45, 2.75) is 19.4 Å². The highest BCUT2D eigenvalue weighted by atomic mass is 16.4. The molecule has 98 valence electrons. The maximum Gasteiger partial charge on any atom is 0.326 e. The standard InChI is InChI=1S/C15H15NO3/c1-10(17)16-14(15(18)19)9-11-6-7-12-4-2-3-5-13(12)8-11/h2-8,14H,9H2,1H3,(H,16,17)(H,18,19). The number of carbonyl (C=O) groups excluding carboxylic acids is 1. The van der Waals surface area contributed by atoms with Crippen molar-refractivity contribution in [3.05, 3.63) is 48.0 Å². The summed E-state index contributed by atoms with van der Waals surface area (Å²) in [6.45, 7) is 1.32. The minimum Gasteiger partial charge on any atom is -0.480 e. The minimum absolute atomic E-state index is 0.278. The van der Waals surface area contributed by atoms with Crippen LogP contribution in [-0.2, 0) is 16.0 Å². The van der Waals surface area contributed by atoms with Gasteiger partial charge in [-0.05, 0) is 16.3 Å². The number of amides is 1. The summed E-state index contributed by atoms with van der Waals surface area (Å²) in [7, 11) is 0. The molecule has 1 amide bonds. The molecule has 0 saturated carbocycles. The van der Waals surface area contributed by atoms with Gasteiger partial charge in [-0.3, -0.25) is 4.79 Å². The molecule has 0 fully saturated rings. The predicted octanol–water partition coefficient (Wildman–Crippen LogP) is 1.97. The van der Waals surface area contributed by atoms with E-state index in [1.54, 1.807) is 0 Å². The van der Waals surface area contributed by atoms with Gasteiger partial charge in [-0.2, -0.15) is 0 Å². The normalized spacial score (nSPS) is 12.1. The van der Waals surface area contributed by atoms with Crippen LogP contribution in [-0.4, -0.2) is 23.0 Å². The lowest BCUT2D eigenvalue weighted by atomic mass is 10.0. The van der Waals surface area contributed by atoms with Gasteiger partial charge in [0.25, 0.3) is 0 Å². The van der Waals surface area contributed by atoms with Gasteiger partial charge in [0.05, 0.1) is 0 Å². The number of hydrogen-bond donors (Lipinski definition) is 2. The van der Waals surface area contributed by atoms with Crippen molar-refractivity contribution in [2.75, 3.05) is 0 Å². The molecule has 2 aromatic carbocycles. The van der Waals surface area contributed by atoms with Gasteiger partial charge in [0.2, 0.25) is 5.91 Å². The number of fused-ring (bicyclic) bond motifs is 1. The Morgan fingerprint density at radius 1 is 1.16 bits per heavy atom. The lowest BCUT2D eigenvalue weighted by Crippen LogP contribution is -2.41. The van der Waals surface area contributed by atoms with Gasteiger partial charge in [-0.15, -0.1) is 0 Å². The third kappa shape index (κ3) is 3.31. The third-order valence-corrected chi connectivity index (χ3v) is 2.93. The first-order chi connectivity index (χ1) is 9.06. The maximum absolute atomic E-state index is 11.1. The summed E-state index contributed by atoms with van der Waals surface area (Å²) in [5, 5.41) is 13.7. The molecule has 0 aliphatic rings. The summed E-state index contributed by atoms with van der Waals surface area (Å²) in [6, 6.07) is 12.8. The van der Waals surface area contributed by atoms with E-state index in [9.17, 15) is 9.59 Å². The first-order valence-electron chi connectivity index (χ1n) is 6.04. The first-order valence-corrected chi connectivity index (χ1v) is 6.04. The van der Waals surface area contributed by atoms with E-state index in [0.717, 1.165) is 16.3 Å². The Kier molecular flexibility index (Phi) is 3.80. The predicted molar refractivity (Wildman–Crippen MR) is 72.9 cm³/mol. The molecule has 0 saturated heterocycles. The van der Waals surface area contributed by atoms with Gasteiger partial charge in [0.1, 0.15) is 6.04 Å². The highest BCUT2D eigenvalue weighted by Gasteiger charge is 2.18. The second-order valence-electron chi connectivity index (χ2n) is 4.48. The molecule has 19 heavy (non-hydrogen) atoms. The Morgan fingerprint density at radius 3 is 2.47 bits per heavy atom. The zero-order chi connectivity index (χ0) is 13.8. The SMILES string of the molecule is CC(=O)NC(Cc1ccc2ccccc2c1)C(=O)O. The zero-order valence-corrected chi connectivity index (χ0v) is 10.6. The summed E-state index contributed by atoms with van der Waals surface area (Å²) in [5.74, 6) is -1.36. The maximum atomic E-state index is 11.1. The second-order valence-corrected chi connectivity index (χ2v) is 4.48. The average Bonchev–Trinajstić information content (AvgIpc) is 2.37. The highest BCUT2D eigenvalue weighted by Crippen LogP contribution is 2.16. The molecule has 4 heteroatoms. The Labute approximate surface area is 111 Å². The third-order valence-electron chi connectivity index (χ3n) is 2.93. The van der Waals surface area contributed by atoms with Crippen molar-refractivity contribution in [2.24, 2.45) is 0 Å². The molecule has 0 heterocycles.